The molecular weight excluding hydrogens is 275 g/mol. The van der Waals surface area contributed by atoms with Crippen LogP contribution in [0.3, 0.4) is 0 Å². The molecule has 1 aliphatic heterocycles. The van der Waals surface area contributed by atoms with Gasteiger partial charge in [0.25, 0.3) is 0 Å². The number of benzene rings is 1. The Morgan fingerprint density at radius 2 is 2.30 bits per heavy atom. The van der Waals surface area contributed by atoms with Crippen molar-refractivity contribution in [1.82, 2.24) is 4.90 Å². The molecule has 1 aromatic heterocycles. The summed E-state index contributed by atoms with van der Waals surface area (Å²) in [5.74, 6) is 0.420. The zero-order valence-corrected chi connectivity index (χ0v) is 12.0. The summed E-state index contributed by atoms with van der Waals surface area (Å²) in [7, 11) is 1.51. The van der Waals surface area contributed by atoms with E-state index in [0.29, 0.717) is 5.84 Å². The first kappa shape index (κ1) is 13.1. The van der Waals surface area contributed by atoms with E-state index in [-0.39, 0.29) is 5.82 Å². The minimum absolute atomic E-state index is 0.264. The number of hydrogen-bond acceptors (Lipinski definition) is 3. The quantitative estimate of drug-likeness (QED) is 0.482. The van der Waals surface area contributed by atoms with Gasteiger partial charge in [0.2, 0.25) is 0 Å². The van der Waals surface area contributed by atoms with Gasteiger partial charge in [0.05, 0.1) is 0 Å². The van der Waals surface area contributed by atoms with E-state index in [4.69, 9.17) is 4.84 Å². The minimum Gasteiger partial charge on any atom is -0.397 e. The number of thiophene rings is 1. The molecule has 0 aliphatic carbocycles. The Balaban J connectivity index is 1.91. The number of hydrogen-bond donors (Lipinski definition) is 0. The molecule has 0 atom stereocenters. The van der Waals surface area contributed by atoms with Crippen LogP contribution in [0.2, 0.25) is 0 Å². The summed E-state index contributed by atoms with van der Waals surface area (Å²) in [6.45, 7) is 1.66. The van der Waals surface area contributed by atoms with Crippen LogP contribution < -0.4 is 0 Å². The highest BCUT2D eigenvalue weighted by Crippen LogP contribution is 2.25. The first-order valence-corrected chi connectivity index (χ1v) is 7.33. The van der Waals surface area contributed by atoms with Crippen LogP contribution in [0.4, 0.5) is 4.39 Å². The highest BCUT2D eigenvalue weighted by Gasteiger charge is 2.22. The summed E-state index contributed by atoms with van der Waals surface area (Å²) in [6.07, 6.45) is 0.991. The van der Waals surface area contributed by atoms with E-state index in [1.807, 2.05) is 6.07 Å². The molecule has 0 saturated carbocycles. The SMILES string of the molecule is CO/N=C(/c1cccc(F)c1)N1CCc2sccc2C1. The molecule has 0 saturated heterocycles. The second-order valence-electron chi connectivity index (χ2n) is 4.65. The van der Waals surface area contributed by atoms with Crippen LogP contribution in [0.1, 0.15) is 16.0 Å². The lowest BCUT2D eigenvalue weighted by molar-refractivity contribution is 0.204. The molecule has 0 amide bonds. The van der Waals surface area contributed by atoms with Crippen LogP contribution in [0.5, 0.6) is 0 Å². The fourth-order valence-electron chi connectivity index (χ4n) is 2.44. The smallest absolute Gasteiger partial charge is 0.175 e. The third-order valence-electron chi connectivity index (χ3n) is 3.37. The molecule has 1 aromatic carbocycles. The second-order valence-corrected chi connectivity index (χ2v) is 5.65. The van der Waals surface area contributed by atoms with Gasteiger partial charge in [-0.2, -0.15) is 0 Å². The maximum atomic E-state index is 13.4. The number of halogens is 1. The maximum absolute atomic E-state index is 13.4. The van der Waals surface area contributed by atoms with Crippen LogP contribution in [0, 0.1) is 5.82 Å². The standard InChI is InChI=1S/C15H15FN2OS/c1-19-17-15(11-3-2-4-13(16)9-11)18-7-5-14-12(10-18)6-8-20-14/h2-4,6,8-9H,5,7,10H2,1H3/b17-15-. The fraction of sp³-hybridized carbons (Fsp3) is 0.267. The van der Waals surface area contributed by atoms with Gasteiger partial charge in [-0.3, -0.25) is 0 Å². The van der Waals surface area contributed by atoms with E-state index < -0.39 is 0 Å². The summed E-state index contributed by atoms with van der Waals surface area (Å²) in [6, 6.07) is 8.60. The van der Waals surface area contributed by atoms with E-state index >= 15 is 0 Å². The molecule has 3 nitrogen and oxygen atoms in total. The molecule has 0 spiro atoms. The summed E-state index contributed by atoms with van der Waals surface area (Å²) in [4.78, 5) is 8.51. The lowest BCUT2D eigenvalue weighted by atomic mass is 10.1. The van der Waals surface area contributed by atoms with Crippen molar-refractivity contribution in [3.8, 4) is 0 Å². The van der Waals surface area contributed by atoms with Gasteiger partial charge in [0.15, 0.2) is 5.84 Å². The van der Waals surface area contributed by atoms with Gasteiger partial charge in [0.1, 0.15) is 12.9 Å². The number of fused-ring (bicyclic) bond motifs is 1. The fourth-order valence-corrected chi connectivity index (χ4v) is 3.33. The predicted molar refractivity (Wildman–Crippen MR) is 78.4 cm³/mol. The topological polar surface area (TPSA) is 24.8 Å². The summed E-state index contributed by atoms with van der Waals surface area (Å²) in [5.41, 5.74) is 2.06. The third kappa shape index (κ3) is 2.54. The largest absolute Gasteiger partial charge is 0.397 e. The summed E-state index contributed by atoms with van der Waals surface area (Å²) < 4.78 is 13.4. The van der Waals surface area contributed by atoms with Gasteiger partial charge in [-0.15, -0.1) is 11.3 Å². The molecule has 2 heterocycles. The maximum Gasteiger partial charge on any atom is 0.175 e. The minimum atomic E-state index is -0.264. The molecule has 0 radical (unpaired) electrons. The number of nitrogens with zero attached hydrogens (tertiary/aromatic N) is 2. The summed E-state index contributed by atoms with van der Waals surface area (Å²) in [5, 5.41) is 6.21. The number of oxime groups is 1. The zero-order valence-electron chi connectivity index (χ0n) is 11.2. The first-order chi connectivity index (χ1) is 9.78. The monoisotopic (exact) mass is 290 g/mol. The van der Waals surface area contributed by atoms with Crippen LogP contribution >= 0.6 is 11.3 Å². The van der Waals surface area contributed by atoms with Crippen molar-refractivity contribution in [2.75, 3.05) is 13.7 Å². The van der Waals surface area contributed by atoms with E-state index in [0.717, 1.165) is 25.1 Å². The van der Waals surface area contributed by atoms with E-state index in [1.165, 1.54) is 29.7 Å². The van der Waals surface area contributed by atoms with Crippen molar-refractivity contribution in [1.29, 1.82) is 0 Å². The van der Waals surface area contributed by atoms with Crippen molar-refractivity contribution in [2.45, 2.75) is 13.0 Å². The van der Waals surface area contributed by atoms with Crippen molar-refractivity contribution < 1.29 is 9.23 Å². The molecular formula is C15H15FN2OS. The zero-order chi connectivity index (χ0) is 13.9. The van der Waals surface area contributed by atoms with E-state index in [9.17, 15) is 4.39 Å². The lowest BCUT2D eigenvalue weighted by Crippen LogP contribution is -2.36. The second kappa shape index (κ2) is 5.63. The number of rotatable bonds is 2. The van der Waals surface area contributed by atoms with Crippen molar-refractivity contribution in [3.63, 3.8) is 0 Å². The molecule has 0 bridgehead atoms. The molecule has 0 N–H and O–H groups in total. The third-order valence-corrected chi connectivity index (χ3v) is 4.39. The van der Waals surface area contributed by atoms with E-state index in [2.05, 4.69) is 21.5 Å². The van der Waals surface area contributed by atoms with Gasteiger partial charge < -0.3 is 9.74 Å². The summed E-state index contributed by atoms with van der Waals surface area (Å²) >= 11 is 1.79. The Labute approximate surface area is 121 Å². The highest BCUT2D eigenvalue weighted by atomic mass is 32.1. The Morgan fingerprint density at radius 3 is 3.10 bits per heavy atom. The molecule has 104 valence electrons. The molecule has 20 heavy (non-hydrogen) atoms. The molecule has 1 aliphatic rings. The van der Waals surface area contributed by atoms with Gasteiger partial charge in [-0.05, 0) is 35.6 Å². The average molecular weight is 290 g/mol. The lowest BCUT2D eigenvalue weighted by Gasteiger charge is -2.29. The predicted octanol–water partition coefficient (Wildman–Crippen LogP) is 3.25. The Morgan fingerprint density at radius 1 is 1.40 bits per heavy atom. The molecule has 0 fully saturated rings. The van der Waals surface area contributed by atoms with Gasteiger partial charge >= 0.3 is 0 Å². The average Bonchev–Trinajstić information content (AvgIpc) is 2.92. The van der Waals surface area contributed by atoms with Crippen LogP contribution in [-0.4, -0.2) is 24.4 Å². The first-order valence-electron chi connectivity index (χ1n) is 6.45. The van der Waals surface area contributed by atoms with Gasteiger partial charge in [-0.25, -0.2) is 4.39 Å². The molecule has 3 rings (SSSR count). The van der Waals surface area contributed by atoms with Crippen molar-refractivity contribution in [3.05, 3.63) is 57.5 Å². The van der Waals surface area contributed by atoms with Crippen LogP contribution in [-0.2, 0) is 17.8 Å². The van der Waals surface area contributed by atoms with E-state index in [1.54, 1.807) is 17.4 Å². The molecule has 0 unspecified atom stereocenters. The van der Waals surface area contributed by atoms with Crippen molar-refractivity contribution in [2.24, 2.45) is 5.16 Å². The normalized spacial score (nSPS) is 15.1. The van der Waals surface area contributed by atoms with Gasteiger partial charge in [-0.1, -0.05) is 17.3 Å². The molecule has 5 heteroatoms. The van der Waals surface area contributed by atoms with Crippen LogP contribution in [0.15, 0.2) is 40.9 Å². The Bertz CT molecular complexity index is 638. The molecule has 2 aromatic rings. The number of amidine groups is 1. The van der Waals surface area contributed by atoms with Crippen molar-refractivity contribution >= 4 is 17.2 Å². The highest BCUT2D eigenvalue weighted by molar-refractivity contribution is 7.10. The Kier molecular flexibility index (Phi) is 3.69. The van der Waals surface area contributed by atoms with Gasteiger partial charge in [0, 0.05) is 23.5 Å². The Hall–Kier alpha value is -1.88. The van der Waals surface area contributed by atoms with Crippen LogP contribution in [0.25, 0.3) is 0 Å².